The van der Waals surface area contributed by atoms with Crippen LogP contribution in [0.4, 0.5) is 0 Å². The topological polar surface area (TPSA) is 51.1 Å². The van der Waals surface area contributed by atoms with Gasteiger partial charge in [0.15, 0.2) is 5.17 Å². The maximum absolute atomic E-state index is 12.9. The number of halogens is 4. The molecule has 0 saturated carbocycles. The lowest BCUT2D eigenvalue weighted by molar-refractivity contribution is -0.139. The summed E-state index contributed by atoms with van der Waals surface area (Å²) in [4.78, 5) is 19.4. The van der Waals surface area contributed by atoms with E-state index in [4.69, 9.17) is 32.7 Å². The van der Waals surface area contributed by atoms with Crippen LogP contribution in [0.25, 0.3) is 0 Å². The first-order chi connectivity index (χ1) is 15.8. The third kappa shape index (κ3) is 5.15. The molecule has 2 aromatic carbocycles. The predicted octanol–water partition coefficient (Wildman–Crippen LogP) is 7.87. The van der Waals surface area contributed by atoms with Crippen molar-refractivity contribution >= 4 is 78.0 Å². The first-order valence-electron chi connectivity index (χ1n) is 9.94. The van der Waals surface area contributed by atoms with Crippen molar-refractivity contribution in [1.82, 2.24) is 4.90 Å². The Morgan fingerprint density at radius 1 is 1.21 bits per heavy atom. The van der Waals surface area contributed by atoms with Crippen molar-refractivity contribution in [3.63, 3.8) is 0 Å². The summed E-state index contributed by atoms with van der Waals surface area (Å²) in [5.41, 5.74) is 2.85. The molecule has 5 nitrogen and oxygen atoms in total. The Bertz CT molecular complexity index is 1190. The van der Waals surface area contributed by atoms with E-state index in [0.717, 1.165) is 25.2 Å². The SMILES string of the molecule is CCOC(=O)C1=C(C)N=C2SC=CN2[C@H]1c1cc(Br)c(OCc2ccc(Cl)cc2Cl)c(Br)c1. The first kappa shape index (κ1) is 24.7. The van der Waals surface area contributed by atoms with E-state index in [1.807, 2.05) is 41.6 Å². The van der Waals surface area contributed by atoms with Gasteiger partial charge in [-0.15, -0.1) is 0 Å². The van der Waals surface area contributed by atoms with Gasteiger partial charge < -0.3 is 14.4 Å². The van der Waals surface area contributed by atoms with Gasteiger partial charge in [0.05, 0.1) is 32.9 Å². The molecule has 4 rings (SSSR count). The Labute approximate surface area is 223 Å². The number of rotatable bonds is 6. The quantitative estimate of drug-likeness (QED) is 0.304. The lowest BCUT2D eigenvalue weighted by Gasteiger charge is -2.33. The van der Waals surface area contributed by atoms with Gasteiger partial charge in [0.2, 0.25) is 0 Å². The molecule has 2 aromatic rings. The second-order valence-corrected chi connectivity index (χ2v) is 10.6. The van der Waals surface area contributed by atoms with Crippen LogP contribution in [0.3, 0.4) is 0 Å². The third-order valence-electron chi connectivity index (χ3n) is 5.04. The maximum Gasteiger partial charge on any atom is 0.338 e. The van der Waals surface area contributed by atoms with Crippen LogP contribution in [0.15, 0.2) is 67.1 Å². The maximum atomic E-state index is 12.9. The van der Waals surface area contributed by atoms with Gasteiger partial charge in [-0.1, -0.05) is 41.0 Å². The van der Waals surface area contributed by atoms with Crippen molar-refractivity contribution in [1.29, 1.82) is 0 Å². The smallest absolute Gasteiger partial charge is 0.338 e. The molecule has 0 aromatic heterocycles. The summed E-state index contributed by atoms with van der Waals surface area (Å²) in [7, 11) is 0. The van der Waals surface area contributed by atoms with Gasteiger partial charge in [0.1, 0.15) is 12.4 Å². The summed E-state index contributed by atoms with van der Waals surface area (Å²) >= 11 is 21.0. The van der Waals surface area contributed by atoms with E-state index >= 15 is 0 Å². The number of hydrogen-bond donors (Lipinski definition) is 0. The molecule has 0 radical (unpaired) electrons. The predicted molar refractivity (Wildman–Crippen MR) is 141 cm³/mol. The molecule has 0 N–H and O–H groups in total. The van der Waals surface area contributed by atoms with Crippen LogP contribution in [0.5, 0.6) is 5.75 Å². The van der Waals surface area contributed by atoms with Crippen molar-refractivity contribution in [2.75, 3.05) is 6.61 Å². The average molecular weight is 633 g/mol. The molecule has 0 saturated heterocycles. The molecule has 2 aliphatic heterocycles. The van der Waals surface area contributed by atoms with E-state index in [1.165, 1.54) is 11.8 Å². The summed E-state index contributed by atoms with van der Waals surface area (Å²) in [5, 5.41) is 3.87. The van der Waals surface area contributed by atoms with Crippen molar-refractivity contribution in [2.45, 2.75) is 26.5 Å². The minimum atomic E-state index is -0.379. The molecule has 33 heavy (non-hydrogen) atoms. The monoisotopic (exact) mass is 630 g/mol. The van der Waals surface area contributed by atoms with E-state index < -0.39 is 0 Å². The number of allylic oxidation sites excluding steroid dienone is 1. The Kier molecular flexibility index (Phi) is 7.80. The van der Waals surface area contributed by atoms with E-state index in [9.17, 15) is 4.79 Å². The van der Waals surface area contributed by atoms with Gasteiger partial charge in [-0.05, 0) is 80.9 Å². The van der Waals surface area contributed by atoms with Crippen LogP contribution in [0.2, 0.25) is 10.0 Å². The van der Waals surface area contributed by atoms with Crippen LogP contribution in [0.1, 0.15) is 31.0 Å². The lowest BCUT2D eigenvalue weighted by Crippen LogP contribution is -2.34. The number of aliphatic imine (C=N–C) groups is 1. The number of carbonyl (C=O) groups excluding carboxylic acids is 1. The van der Waals surface area contributed by atoms with Gasteiger partial charge in [0.25, 0.3) is 0 Å². The zero-order chi connectivity index (χ0) is 23.7. The first-order valence-corrected chi connectivity index (χ1v) is 13.2. The molecule has 2 heterocycles. The van der Waals surface area contributed by atoms with Gasteiger partial charge >= 0.3 is 5.97 Å². The van der Waals surface area contributed by atoms with Crippen molar-refractivity contribution < 1.29 is 14.3 Å². The normalized spacial score (nSPS) is 17.2. The van der Waals surface area contributed by atoms with Gasteiger partial charge in [-0.25, -0.2) is 9.79 Å². The second-order valence-electron chi connectivity index (χ2n) is 7.16. The highest BCUT2D eigenvalue weighted by Crippen LogP contribution is 2.45. The Hall–Kier alpha value is -1.45. The summed E-state index contributed by atoms with van der Waals surface area (Å²) in [6.07, 6.45) is 1.93. The number of benzene rings is 2. The molecular weight excluding hydrogens is 615 g/mol. The number of esters is 1. The van der Waals surface area contributed by atoms with E-state index in [-0.39, 0.29) is 25.2 Å². The molecule has 0 amide bonds. The van der Waals surface area contributed by atoms with E-state index in [1.54, 1.807) is 19.1 Å². The number of fused-ring (bicyclic) bond motifs is 1. The largest absolute Gasteiger partial charge is 0.486 e. The molecular formula is C23H18Br2Cl2N2O3S. The Morgan fingerprint density at radius 2 is 1.94 bits per heavy atom. The highest BCUT2D eigenvalue weighted by Gasteiger charge is 2.38. The molecule has 0 bridgehead atoms. The summed E-state index contributed by atoms with van der Waals surface area (Å²) in [6.45, 7) is 4.18. The van der Waals surface area contributed by atoms with Gasteiger partial charge in [0, 0.05) is 21.8 Å². The Balaban J connectivity index is 1.67. The highest BCUT2D eigenvalue weighted by atomic mass is 79.9. The van der Waals surface area contributed by atoms with Crippen LogP contribution in [0, 0.1) is 0 Å². The van der Waals surface area contributed by atoms with Gasteiger partial charge in [-0.2, -0.15) is 0 Å². The fourth-order valence-corrected chi connectivity index (χ4v) is 6.27. The number of amidine groups is 1. The zero-order valence-corrected chi connectivity index (χ0v) is 23.1. The van der Waals surface area contributed by atoms with Crippen molar-refractivity contribution in [2.24, 2.45) is 4.99 Å². The molecule has 0 aliphatic carbocycles. The Morgan fingerprint density at radius 3 is 2.61 bits per heavy atom. The number of ether oxygens (including phenoxy) is 2. The molecule has 0 fully saturated rings. The van der Waals surface area contributed by atoms with Crippen molar-refractivity contribution in [3.05, 3.63) is 83.3 Å². The third-order valence-corrected chi connectivity index (χ3v) is 7.58. The number of hydrogen-bond acceptors (Lipinski definition) is 6. The average Bonchev–Trinajstić information content (AvgIpc) is 3.21. The lowest BCUT2D eigenvalue weighted by atomic mass is 9.95. The summed E-state index contributed by atoms with van der Waals surface area (Å²) in [6, 6.07) is 8.80. The fourth-order valence-electron chi connectivity index (χ4n) is 3.56. The van der Waals surface area contributed by atoms with Crippen LogP contribution >= 0.6 is 66.8 Å². The highest BCUT2D eigenvalue weighted by molar-refractivity contribution is 9.11. The molecule has 172 valence electrons. The second kappa shape index (κ2) is 10.4. The molecule has 10 heteroatoms. The van der Waals surface area contributed by atoms with Crippen LogP contribution < -0.4 is 4.74 Å². The molecule has 2 aliphatic rings. The zero-order valence-electron chi connectivity index (χ0n) is 17.6. The number of thioether (sulfide) groups is 1. The molecule has 0 spiro atoms. The minimum Gasteiger partial charge on any atom is -0.486 e. The fraction of sp³-hybridized carbons (Fsp3) is 0.217. The van der Waals surface area contributed by atoms with E-state index in [0.29, 0.717) is 27.1 Å². The number of nitrogens with zero attached hydrogens (tertiary/aromatic N) is 2. The number of carbonyl (C=O) groups is 1. The molecule has 0 unspecified atom stereocenters. The van der Waals surface area contributed by atoms with Crippen LogP contribution in [-0.4, -0.2) is 22.6 Å². The summed E-state index contributed by atoms with van der Waals surface area (Å²) in [5.74, 6) is 0.247. The van der Waals surface area contributed by atoms with Crippen LogP contribution in [-0.2, 0) is 16.1 Å². The summed E-state index contributed by atoms with van der Waals surface area (Å²) < 4.78 is 12.9. The standard InChI is InChI=1S/C23H18Br2Cl2N2O3S/c1-3-31-22(30)19-12(2)28-23-29(6-7-33-23)20(19)14-8-16(24)21(17(25)9-14)32-11-13-4-5-15(26)10-18(13)27/h4-10,20H,3,11H2,1-2H3/t20-/m0/s1. The molecule has 1 atom stereocenters. The van der Waals surface area contributed by atoms with Crippen molar-refractivity contribution in [3.8, 4) is 5.75 Å². The van der Waals surface area contributed by atoms with E-state index in [2.05, 4.69) is 36.9 Å². The minimum absolute atomic E-state index is 0.269. The van der Waals surface area contributed by atoms with Gasteiger partial charge in [-0.3, -0.25) is 0 Å².